The lowest BCUT2D eigenvalue weighted by Crippen LogP contribution is -2.19. The second kappa shape index (κ2) is 9.11. The first-order valence-corrected chi connectivity index (χ1v) is 9.58. The zero-order valence-corrected chi connectivity index (χ0v) is 16.6. The Balaban J connectivity index is 1.57. The lowest BCUT2D eigenvalue weighted by atomic mass is 10.1. The van der Waals surface area contributed by atoms with E-state index < -0.39 is 4.92 Å². The fourth-order valence-corrected chi connectivity index (χ4v) is 3.24. The lowest BCUT2D eigenvalue weighted by molar-refractivity contribution is -0.384. The molecular formula is C19H18N6O3S. The van der Waals surface area contributed by atoms with E-state index >= 15 is 0 Å². The maximum Gasteiger partial charge on any atom is 0.271 e. The van der Waals surface area contributed by atoms with Gasteiger partial charge in [0.15, 0.2) is 5.16 Å². The van der Waals surface area contributed by atoms with Crippen LogP contribution in [0.5, 0.6) is 0 Å². The molecule has 1 aromatic heterocycles. The van der Waals surface area contributed by atoms with Crippen molar-refractivity contribution in [1.29, 1.82) is 0 Å². The summed E-state index contributed by atoms with van der Waals surface area (Å²) in [6.45, 7) is 1.72. The molecule has 0 bridgehead atoms. The maximum atomic E-state index is 12.3. The highest BCUT2D eigenvalue weighted by Gasteiger charge is 2.08. The average molecular weight is 410 g/mol. The normalized spacial score (nSPS) is 11.3. The quantitative estimate of drug-likeness (QED) is 0.277. The second-order valence-corrected chi connectivity index (χ2v) is 7.09. The van der Waals surface area contributed by atoms with Gasteiger partial charge in [0.25, 0.3) is 11.6 Å². The van der Waals surface area contributed by atoms with Gasteiger partial charge in [0.1, 0.15) is 6.33 Å². The van der Waals surface area contributed by atoms with Crippen LogP contribution in [0.25, 0.3) is 0 Å². The fourth-order valence-electron chi connectivity index (χ4n) is 2.39. The molecule has 0 saturated heterocycles. The van der Waals surface area contributed by atoms with Crippen LogP contribution in [-0.4, -0.2) is 31.3 Å². The van der Waals surface area contributed by atoms with Gasteiger partial charge in [-0.3, -0.25) is 14.9 Å². The Morgan fingerprint density at radius 1 is 1.17 bits per heavy atom. The van der Waals surface area contributed by atoms with Crippen molar-refractivity contribution in [3.8, 4) is 0 Å². The maximum absolute atomic E-state index is 12.3. The number of non-ortho nitro benzene ring substituents is 1. The van der Waals surface area contributed by atoms with E-state index in [0.717, 1.165) is 10.7 Å². The molecule has 0 spiro atoms. The van der Waals surface area contributed by atoms with E-state index in [0.29, 0.717) is 22.6 Å². The van der Waals surface area contributed by atoms with Crippen molar-refractivity contribution >= 4 is 29.1 Å². The van der Waals surface area contributed by atoms with Gasteiger partial charge in [-0.15, -0.1) is 10.2 Å². The molecule has 10 heteroatoms. The average Bonchev–Trinajstić information content (AvgIpc) is 3.15. The van der Waals surface area contributed by atoms with Crippen molar-refractivity contribution < 1.29 is 9.72 Å². The number of nitro groups is 1. The van der Waals surface area contributed by atoms with E-state index in [1.165, 1.54) is 12.1 Å². The Hall–Kier alpha value is -3.53. The molecule has 0 unspecified atom stereocenters. The van der Waals surface area contributed by atoms with Crippen LogP contribution in [0.2, 0.25) is 0 Å². The Kier molecular flexibility index (Phi) is 6.35. The summed E-state index contributed by atoms with van der Waals surface area (Å²) in [6, 6.07) is 13.2. The van der Waals surface area contributed by atoms with Crippen LogP contribution in [0.1, 0.15) is 28.4 Å². The third-order valence-electron chi connectivity index (χ3n) is 4.07. The van der Waals surface area contributed by atoms with Crippen LogP contribution in [0.4, 0.5) is 5.69 Å². The Morgan fingerprint density at radius 2 is 1.83 bits per heavy atom. The standard InChI is InChI=1S/C19H18N6O3S/c1-13(15-7-9-17(10-8-15)25(27)28)21-22-18(26)16-5-3-14(4-6-16)11-29-19-23-20-12-24(19)2/h3-10,12H,11H2,1-2H3,(H,22,26)/b21-13+. The Bertz CT molecular complexity index is 1040. The summed E-state index contributed by atoms with van der Waals surface area (Å²) in [7, 11) is 1.88. The number of amides is 1. The van der Waals surface area contributed by atoms with Crippen molar-refractivity contribution in [2.75, 3.05) is 0 Å². The van der Waals surface area contributed by atoms with E-state index in [2.05, 4.69) is 20.7 Å². The van der Waals surface area contributed by atoms with E-state index in [9.17, 15) is 14.9 Å². The number of nitrogens with zero attached hydrogens (tertiary/aromatic N) is 5. The van der Waals surface area contributed by atoms with Crippen molar-refractivity contribution in [3.63, 3.8) is 0 Å². The number of carbonyl (C=O) groups is 1. The molecule has 0 aliphatic heterocycles. The number of nitro benzene ring substituents is 1. The third-order valence-corrected chi connectivity index (χ3v) is 5.18. The van der Waals surface area contributed by atoms with Gasteiger partial charge < -0.3 is 4.57 Å². The largest absolute Gasteiger partial charge is 0.312 e. The molecule has 3 rings (SSSR count). The molecule has 1 N–H and O–H groups in total. The summed E-state index contributed by atoms with van der Waals surface area (Å²) in [5, 5.41) is 23.5. The minimum Gasteiger partial charge on any atom is -0.312 e. The summed E-state index contributed by atoms with van der Waals surface area (Å²) >= 11 is 1.56. The van der Waals surface area contributed by atoms with Gasteiger partial charge in [0, 0.05) is 30.5 Å². The number of carbonyl (C=O) groups excluding carboxylic acids is 1. The second-order valence-electron chi connectivity index (χ2n) is 6.15. The SMILES string of the molecule is C/C(=N\NC(=O)c1ccc(CSc2nncn2C)cc1)c1ccc([N+](=O)[O-])cc1. The van der Waals surface area contributed by atoms with Crippen LogP contribution in [0.3, 0.4) is 0 Å². The molecule has 0 aliphatic rings. The summed E-state index contributed by atoms with van der Waals surface area (Å²) in [6.07, 6.45) is 1.65. The number of hydrogen-bond acceptors (Lipinski definition) is 7. The van der Waals surface area contributed by atoms with Crippen LogP contribution < -0.4 is 5.43 Å². The van der Waals surface area contributed by atoms with Crippen molar-refractivity contribution in [2.24, 2.45) is 12.1 Å². The van der Waals surface area contributed by atoms with Gasteiger partial charge in [-0.05, 0) is 42.3 Å². The zero-order chi connectivity index (χ0) is 20.8. The lowest BCUT2D eigenvalue weighted by Gasteiger charge is -2.05. The zero-order valence-electron chi connectivity index (χ0n) is 15.8. The minimum atomic E-state index is -0.465. The molecule has 0 fully saturated rings. The summed E-state index contributed by atoms with van der Waals surface area (Å²) in [5.74, 6) is 0.380. The topological polar surface area (TPSA) is 115 Å². The van der Waals surface area contributed by atoms with Gasteiger partial charge in [-0.1, -0.05) is 23.9 Å². The molecule has 9 nitrogen and oxygen atoms in total. The van der Waals surface area contributed by atoms with Crippen molar-refractivity contribution in [1.82, 2.24) is 20.2 Å². The minimum absolute atomic E-state index is 0.00279. The fraction of sp³-hybridized carbons (Fsp3) is 0.158. The molecule has 0 radical (unpaired) electrons. The number of benzene rings is 2. The number of rotatable bonds is 7. The number of hydrogen-bond donors (Lipinski definition) is 1. The number of hydrazone groups is 1. The first-order chi connectivity index (χ1) is 13.9. The summed E-state index contributed by atoms with van der Waals surface area (Å²) < 4.78 is 1.84. The molecule has 29 heavy (non-hydrogen) atoms. The highest BCUT2D eigenvalue weighted by atomic mass is 32.2. The molecule has 0 saturated carbocycles. The van der Waals surface area contributed by atoms with Crippen LogP contribution >= 0.6 is 11.8 Å². The molecule has 1 heterocycles. The highest BCUT2D eigenvalue weighted by Crippen LogP contribution is 2.20. The van der Waals surface area contributed by atoms with Crippen LogP contribution in [-0.2, 0) is 12.8 Å². The predicted molar refractivity (Wildman–Crippen MR) is 110 cm³/mol. The molecule has 3 aromatic rings. The van der Waals surface area contributed by atoms with Crippen LogP contribution in [0.15, 0.2) is 65.1 Å². The molecular weight excluding hydrogens is 392 g/mol. The van der Waals surface area contributed by atoms with Gasteiger partial charge in [0.2, 0.25) is 0 Å². The number of thioether (sulfide) groups is 1. The number of aromatic nitrogens is 3. The van der Waals surface area contributed by atoms with Gasteiger partial charge in [-0.2, -0.15) is 5.10 Å². The van der Waals surface area contributed by atoms with E-state index in [4.69, 9.17) is 0 Å². The first kappa shape index (κ1) is 20.2. The Morgan fingerprint density at radius 3 is 2.41 bits per heavy atom. The smallest absolute Gasteiger partial charge is 0.271 e. The van der Waals surface area contributed by atoms with E-state index in [-0.39, 0.29) is 11.6 Å². The number of aryl methyl sites for hydroxylation is 1. The van der Waals surface area contributed by atoms with Gasteiger partial charge >= 0.3 is 0 Å². The molecule has 0 aliphatic carbocycles. The number of nitrogens with one attached hydrogen (secondary N) is 1. The molecule has 148 valence electrons. The third kappa shape index (κ3) is 5.26. The summed E-state index contributed by atoms with van der Waals surface area (Å²) in [4.78, 5) is 22.5. The molecule has 0 atom stereocenters. The van der Waals surface area contributed by atoms with E-state index in [1.54, 1.807) is 49.3 Å². The van der Waals surface area contributed by atoms with Gasteiger partial charge in [-0.25, -0.2) is 5.43 Å². The Labute approximate surface area is 171 Å². The van der Waals surface area contributed by atoms with E-state index in [1.807, 2.05) is 23.7 Å². The van der Waals surface area contributed by atoms with Crippen molar-refractivity contribution in [2.45, 2.75) is 17.8 Å². The molecule has 2 aromatic carbocycles. The van der Waals surface area contributed by atoms with Gasteiger partial charge in [0.05, 0.1) is 10.6 Å². The van der Waals surface area contributed by atoms with Crippen molar-refractivity contribution in [3.05, 3.63) is 81.7 Å². The predicted octanol–water partition coefficient (Wildman–Crippen LogP) is 3.17. The summed E-state index contributed by atoms with van der Waals surface area (Å²) in [5.41, 5.74) is 5.28. The van der Waals surface area contributed by atoms with Crippen LogP contribution in [0, 0.1) is 10.1 Å². The highest BCUT2D eigenvalue weighted by molar-refractivity contribution is 7.98. The monoisotopic (exact) mass is 410 g/mol. The first-order valence-electron chi connectivity index (χ1n) is 8.59. The molecule has 1 amide bonds.